The molecule has 0 unspecified atom stereocenters. The molecule has 1 amide bonds. The van der Waals surface area contributed by atoms with Crippen LogP contribution in [0.5, 0.6) is 5.75 Å². The Morgan fingerprint density at radius 1 is 1.20 bits per heavy atom. The molecular weight excluding hydrogens is 384 g/mol. The van der Waals surface area contributed by atoms with Crippen LogP contribution in [-0.2, 0) is 13.0 Å². The van der Waals surface area contributed by atoms with E-state index in [1.807, 2.05) is 30.3 Å². The van der Waals surface area contributed by atoms with E-state index in [1.54, 1.807) is 7.11 Å². The number of fused-ring (bicyclic) bond motifs is 3. The molecule has 0 aliphatic carbocycles. The molecule has 5 nitrogen and oxygen atoms in total. The lowest BCUT2D eigenvalue weighted by Gasteiger charge is -2.26. The molecule has 0 saturated carbocycles. The van der Waals surface area contributed by atoms with Gasteiger partial charge in [0, 0.05) is 27.8 Å². The SMILES string of the molecule is COc1ccc(-n2c3c(c4cc(Br)ccc42)CCN(C(=O)O)C3)cc1. The number of carbonyl (C=O) groups is 1. The van der Waals surface area contributed by atoms with Gasteiger partial charge in [0.15, 0.2) is 0 Å². The molecular formula is C19H17BrN2O3. The first kappa shape index (κ1) is 16.0. The Labute approximate surface area is 153 Å². The fourth-order valence-corrected chi connectivity index (χ4v) is 3.88. The van der Waals surface area contributed by atoms with Crippen LogP contribution in [0.2, 0.25) is 0 Å². The van der Waals surface area contributed by atoms with Crippen molar-refractivity contribution in [1.29, 1.82) is 0 Å². The molecule has 128 valence electrons. The number of halogens is 1. The highest BCUT2D eigenvalue weighted by Crippen LogP contribution is 2.35. The van der Waals surface area contributed by atoms with Crippen molar-refractivity contribution in [3.8, 4) is 11.4 Å². The third-order valence-corrected chi connectivity index (χ3v) is 5.21. The Bertz CT molecular complexity index is 963. The van der Waals surface area contributed by atoms with Crippen LogP contribution < -0.4 is 4.74 Å². The van der Waals surface area contributed by atoms with Crippen molar-refractivity contribution in [3.63, 3.8) is 0 Å². The fraction of sp³-hybridized carbons (Fsp3) is 0.211. The lowest BCUT2D eigenvalue weighted by atomic mass is 10.0. The van der Waals surface area contributed by atoms with Crippen LogP contribution in [0.25, 0.3) is 16.6 Å². The van der Waals surface area contributed by atoms with E-state index in [4.69, 9.17) is 4.74 Å². The third-order valence-electron chi connectivity index (χ3n) is 4.72. The molecule has 6 heteroatoms. The van der Waals surface area contributed by atoms with E-state index in [-0.39, 0.29) is 0 Å². The molecule has 0 radical (unpaired) electrons. The topological polar surface area (TPSA) is 54.7 Å². The molecule has 1 N–H and O–H groups in total. The molecule has 0 bridgehead atoms. The summed E-state index contributed by atoms with van der Waals surface area (Å²) in [5, 5.41) is 10.6. The minimum Gasteiger partial charge on any atom is -0.497 e. The molecule has 1 aliphatic rings. The highest BCUT2D eigenvalue weighted by atomic mass is 79.9. The van der Waals surface area contributed by atoms with E-state index in [0.717, 1.165) is 33.5 Å². The number of amides is 1. The van der Waals surface area contributed by atoms with E-state index in [9.17, 15) is 9.90 Å². The summed E-state index contributed by atoms with van der Waals surface area (Å²) in [7, 11) is 1.64. The first-order valence-corrected chi connectivity index (χ1v) is 8.82. The minimum atomic E-state index is -0.877. The van der Waals surface area contributed by atoms with Gasteiger partial charge >= 0.3 is 6.09 Å². The zero-order chi connectivity index (χ0) is 17.6. The second kappa shape index (κ2) is 6.11. The van der Waals surface area contributed by atoms with E-state index in [2.05, 4.69) is 32.6 Å². The Balaban J connectivity index is 1.95. The molecule has 25 heavy (non-hydrogen) atoms. The van der Waals surface area contributed by atoms with Crippen LogP contribution in [0.15, 0.2) is 46.9 Å². The van der Waals surface area contributed by atoms with Crippen molar-refractivity contribution in [2.75, 3.05) is 13.7 Å². The number of hydrogen-bond acceptors (Lipinski definition) is 2. The molecule has 0 saturated heterocycles. The maximum Gasteiger partial charge on any atom is 0.407 e. The zero-order valence-corrected chi connectivity index (χ0v) is 15.3. The van der Waals surface area contributed by atoms with Crippen LogP contribution >= 0.6 is 15.9 Å². The van der Waals surface area contributed by atoms with Crippen LogP contribution in [0.3, 0.4) is 0 Å². The standard InChI is InChI=1S/C19H17BrN2O3/c1-25-14-5-3-13(4-6-14)22-17-7-2-12(20)10-16(17)15-8-9-21(19(23)24)11-18(15)22/h2-7,10H,8-9,11H2,1H3,(H,23,24). The number of aromatic nitrogens is 1. The molecule has 4 rings (SSSR count). The van der Waals surface area contributed by atoms with Gasteiger partial charge in [0.25, 0.3) is 0 Å². The Kier molecular flexibility index (Phi) is 3.92. The summed E-state index contributed by atoms with van der Waals surface area (Å²) in [6.07, 6.45) is -0.157. The molecule has 1 aliphatic heterocycles. The molecule has 3 aromatic rings. The summed E-state index contributed by atoms with van der Waals surface area (Å²) >= 11 is 3.55. The van der Waals surface area contributed by atoms with E-state index in [1.165, 1.54) is 15.8 Å². The first-order chi connectivity index (χ1) is 12.1. The number of carboxylic acid groups (broad SMARTS) is 1. The highest BCUT2D eigenvalue weighted by Gasteiger charge is 2.27. The summed E-state index contributed by atoms with van der Waals surface area (Å²) in [6, 6.07) is 14.1. The lowest BCUT2D eigenvalue weighted by Crippen LogP contribution is -2.35. The van der Waals surface area contributed by atoms with Crippen molar-refractivity contribution in [3.05, 3.63) is 58.2 Å². The van der Waals surface area contributed by atoms with Gasteiger partial charge in [-0.1, -0.05) is 15.9 Å². The number of rotatable bonds is 2. The van der Waals surface area contributed by atoms with E-state index >= 15 is 0 Å². The summed E-state index contributed by atoms with van der Waals surface area (Å²) in [5.74, 6) is 0.795. The van der Waals surface area contributed by atoms with Crippen LogP contribution in [0, 0.1) is 0 Å². The summed E-state index contributed by atoms with van der Waals surface area (Å²) < 4.78 is 8.43. The smallest absolute Gasteiger partial charge is 0.407 e. The predicted octanol–water partition coefficient (Wildman–Crippen LogP) is 4.44. The van der Waals surface area contributed by atoms with Crippen LogP contribution in [0.4, 0.5) is 4.79 Å². The van der Waals surface area contributed by atoms with Gasteiger partial charge in [0.05, 0.1) is 19.2 Å². The summed E-state index contributed by atoms with van der Waals surface area (Å²) in [6.45, 7) is 0.916. The van der Waals surface area contributed by atoms with Crippen LogP contribution in [-0.4, -0.2) is 34.3 Å². The van der Waals surface area contributed by atoms with Gasteiger partial charge in [-0.25, -0.2) is 4.79 Å². The number of hydrogen-bond donors (Lipinski definition) is 1. The maximum absolute atomic E-state index is 11.5. The van der Waals surface area contributed by atoms with Gasteiger partial charge in [-0.05, 0) is 54.4 Å². The number of ether oxygens (including phenoxy) is 1. The van der Waals surface area contributed by atoms with Gasteiger partial charge in [0.1, 0.15) is 5.75 Å². The largest absolute Gasteiger partial charge is 0.497 e. The number of nitrogens with zero attached hydrogens (tertiary/aromatic N) is 2. The Morgan fingerprint density at radius 3 is 2.64 bits per heavy atom. The average Bonchev–Trinajstić information content (AvgIpc) is 2.94. The summed E-state index contributed by atoms with van der Waals surface area (Å²) in [4.78, 5) is 12.9. The van der Waals surface area contributed by atoms with Gasteiger partial charge < -0.3 is 19.3 Å². The molecule has 0 spiro atoms. The van der Waals surface area contributed by atoms with E-state index in [0.29, 0.717) is 13.1 Å². The Morgan fingerprint density at radius 2 is 1.96 bits per heavy atom. The second-order valence-corrected chi connectivity index (χ2v) is 6.99. The minimum absolute atomic E-state index is 0.392. The van der Waals surface area contributed by atoms with Crippen molar-refractivity contribution in [2.45, 2.75) is 13.0 Å². The molecule has 2 aromatic carbocycles. The number of benzene rings is 2. The fourth-order valence-electron chi connectivity index (χ4n) is 3.52. The quantitative estimate of drug-likeness (QED) is 0.691. The monoisotopic (exact) mass is 400 g/mol. The third kappa shape index (κ3) is 2.66. The molecule has 0 fully saturated rings. The van der Waals surface area contributed by atoms with Gasteiger partial charge in [-0.2, -0.15) is 0 Å². The van der Waals surface area contributed by atoms with Gasteiger partial charge in [0.2, 0.25) is 0 Å². The molecule has 1 aromatic heterocycles. The van der Waals surface area contributed by atoms with Gasteiger partial charge in [-0.3, -0.25) is 0 Å². The summed E-state index contributed by atoms with van der Waals surface area (Å²) in [5.41, 5.74) is 4.35. The van der Waals surface area contributed by atoms with Crippen molar-refractivity contribution in [1.82, 2.24) is 9.47 Å². The number of methoxy groups -OCH3 is 1. The second-order valence-electron chi connectivity index (χ2n) is 6.07. The normalized spacial score (nSPS) is 13.8. The molecule has 2 heterocycles. The Hall–Kier alpha value is -2.47. The van der Waals surface area contributed by atoms with Crippen LogP contribution in [0.1, 0.15) is 11.3 Å². The van der Waals surface area contributed by atoms with Gasteiger partial charge in [-0.15, -0.1) is 0 Å². The van der Waals surface area contributed by atoms with Crippen molar-refractivity contribution < 1.29 is 14.6 Å². The molecule has 0 atom stereocenters. The lowest BCUT2D eigenvalue weighted by molar-refractivity contribution is 0.139. The maximum atomic E-state index is 11.5. The predicted molar refractivity (Wildman–Crippen MR) is 99.7 cm³/mol. The van der Waals surface area contributed by atoms with Crippen molar-refractivity contribution >= 4 is 32.9 Å². The highest BCUT2D eigenvalue weighted by molar-refractivity contribution is 9.10. The average molecular weight is 401 g/mol. The van der Waals surface area contributed by atoms with E-state index < -0.39 is 6.09 Å². The first-order valence-electron chi connectivity index (χ1n) is 8.02. The van der Waals surface area contributed by atoms with Crippen molar-refractivity contribution in [2.24, 2.45) is 0 Å². The zero-order valence-electron chi connectivity index (χ0n) is 13.7.